The molecule has 2 aromatic heterocycles. The van der Waals surface area contributed by atoms with E-state index in [9.17, 15) is 0 Å². The van der Waals surface area contributed by atoms with Crippen LogP contribution in [0.15, 0.2) is 291 Å². The van der Waals surface area contributed by atoms with Crippen LogP contribution in [0, 0.1) is 27.7 Å². The highest BCUT2D eigenvalue weighted by atomic mass is 32.1. The molecule has 0 radical (unpaired) electrons. The first-order chi connectivity index (χ1) is 43.3. The lowest BCUT2D eigenvalue weighted by molar-refractivity contribution is 1.22. The van der Waals surface area contributed by atoms with Gasteiger partial charge in [-0.2, -0.15) is 0 Å². The Morgan fingerprint density at radius 3 is 1.02 bits per heavy atom. The highest BCUT2D eigenvalue weighted by Gasteiger charge is 2.25. The molecule has 0 unspecified atom stereocenters. The third kappa shape index (κ3) is 9.23. The van der Waals surface area contributed by atoms with Crippen molar-refractivity contribution in [1.82, 2.24) is 0 Å². The monoisotopic (exact) mass is 1160 g/mol. The SMILES string of the molecule is Cc1cc(-c2ccc(N(c3ccc(-c4cccc5c4sc4ccccc45)cc3)c3c(C)cccc3-c3ccc4ccccc4c3)c(C)c2)ccc1N(c1ccc(-c2cccc3c2sc2ccccc23)cc1)c1c(C)cccc1-c1ccc2ccccc2c1. The van der Waals surface area contributed by atoms with E-state index in [0.717, 1.165) is 34.1 Å². The normalized spacial score (nSPS) is 11.6. The molecule has 418 valence electrons. The number of rotatable bonds is 11. The molecule has 2 nitrogen and oxygen atoms in total. The molecule has 0 fully saturated rings. The van der Waals surface area contributed by atoms with E-state index in [4.69, 9.17) is 0 Å². The Morgan fingerprint density at radius 2 is 0.591 bits per heavy atom. The molecule has 0 amide bonds. The van der Waals surface area contributed by atoms with Crippen LogP contribution in [-0.2, 0) is 0 Å². The van der Waals surface area contributed by atoms with Crippen LogP contribution in [0.5, 0.6) is 0 Å². The summed E-state index contributed by atoms with van der Waals surface area (Å²) in [6, 6.07) is 108. The maximum atomic E-state index is 2.50. The Morgan fingerprint density at radius 1 is 0.239 bits per heavy atom. The van der Waals surface area contributed by atoms with Crippen molar-refractivity contribution >= 4 is 119 Å². The van der Waals surface area contributed by atoms with Gasteiger partial charge in [-0.05, 0) is 189 Å². The zero-order valence-corrected chi connectivity index (χ0v) is 51.1. The van der Waals surface area contributed by atoms with E-state index in [0.29, 0.717) is 0 Å². The lowest BCUT2D eigenvalue weighted by Gasteiger charge is -2.32. The zero-order chi connectivity index (χ0) is 59.0. The van der Waals surface area contributed by atoms with Gasteiger partial charge in [0, 0.05) is 74.2 Å². The number of hydrogen-bond donors (Lipinski definition) is 0. The summed E-state index contributed by atoms with van der Waals surface area (Å²) in [6.45, 7) is 9.06. The molecule has 0 saturated heterocycles. The second kappa shape index (κ2) is 21.9. The third-order valence-electron chi connectivity index (χ3n) is 17.9. The fourth-order valence-corrected chi connectivity index (χ4v) is 16.0. The minimum absolute atomic E-state index is 1.10. The maximum absolute atomic E-state index is 2.50. The first kappa shape index (κ1) is 53.1. The summed E-state index contributed by atoms with van der Waals surface area (Å²) in [5, 5.41) is 10.2. The van der Waals surface area contributed by atoms with Gasteiger partial charge < -0.3 is 9.80 Å². The zero-order valence-electron chi connectivity index (χ0n) is 49.4. The van der Waals surface area contributed by atoms with Gasteiger partial charge in [0.25, 0.3) is 0 Å². The summed E-state index contributed by atoms with van der Waals surface area (Å²) < 4.78 is 5.27. The molecule has 0 spiro atoms. The van der Waals surface area contributed by atoms with E-state index in [1.165, 1.54) is 140 Å². The Labute approximate surface area is 521 Å². The maximum Gasteiger partial charge on any atom is 0.0569 e. The summed E-state index contributed by atoms with van der Waals surface area (Å²) in [5.41, 5.74) is 23.6. The van der Waals surface area contributed by atoms with Crippen LogP contribution in [0.4, 0.5) is 34.1 Å². The molecular weight excluding hydrogens is 1100 g/mol. The smallest absolute Gasteiger partial charge is 0.0569 e. The highest BCUT2D eigenvalue weighted by molar-refractivity contribution is 7.26. The van der Waals surface area contributed by atoms with Gasteiger partial charge in [-0.25, -0.2) is 0 Å². The average Bonchev–Trinajstić information content (AvgIpc) is 3.20. The van der Waals surface area contributed by atoms with Crippen LogP contribution >= 0.6 is 22.7 Å². The van der Waals surface area contributed by atoms with Crippen molar-refractivity contribution in [2.24, 2.45) is 0 Å². The van der Waals surface area contributed by atoms with Gasteiger partial charge >= 0.3 is 0 Å². The van der Waals surface area contributed by atoms with Gasteiger partial charge in [0.05, 0.1) is 11.4 Å². The predicted octanol–water partition coefficient (Wildman–Crippen LogP) is 25.2. The molecule has 0 N–H and O–H groups in total. The Balaban J connectivity index is 0.808. The van der Waals surface area contributed by atoms with Crippen LogP contribution in [0.25, 0.3) is 118 Å². The van der Waals surface area contributed by atoms with Gasteiger partial charge in [0.2, 0.25) is 0 Å². The summed E-state index contributed by atoms with van der Waals surface area (Å²) >= 11 is 3.76. The first-order valence-corrected chi connectivity index (χ1v) is 31.9. The Bertz CT molecular complexity index is 5060. The summed E-state index contributed by atoms with van der Waals surface area (Å²) in [7, 11) is 0. The molecule has 0 aliphatic heterocycles. The fraction of sp³-hybridized carbons (Fsp3) is 0.0476. The van der Waals surface area contributed by atoms with E-state index in [1.54, 1.807) is 0 Å². The van der Waals surface area contributed by atoms with E-state index < -0.39 is 0 Å². The molecule has 16 aromatic rings. The Kier molecular flexibility index (Phi) is 13.2. The molecule has 0 aliphatic carbocycles. The van der Waals surface area contributed by atoms with Crippen LogP contribution < -0.4 is 9.80 Å². The molecule has 14 aromatic carbocycles. The van der Waals surface area contributed by atoms with Crippen molar-refractivity contribution < 1.29 is 0 Å². The van der Waals surface area contributed by atoms with Crippen molar-refractivity contribution in [3.05, 3.63) is 313 Å². The van der Waals surface area contributed by atoms with E-state index in [1.807, 2.05) is 22.7 Å². The molecule has 16 rings (SSSR count). The van der Waals surface area contributed by atoms with E-state index >= 15 is 0 Å². The summed E-state index contributed by atoms with van der Waals surface area (Å²) in [5.74, 6) is 0. The van der Waals surface area contributed by atoms with Crippen LogP contribution in [0.2, 0.25) is 0 Å². The number of para-hydroxylation sites is 2. The van der Waals surface area contributed by atoms with Gasteiger partial charge in [0.1, 0.15) is 0 Å². The average molecular weight is 1160 g/mol. The minimum atomic E-state index is 1.10. The van der Waals surface area contributed by atoms with Gasteiger partial charge in [-0.15, -0.1) is 22.7 Å². The molecule has 88 heavy (non-hydrogen) atoms. The number of nitrogens with zero attached hydrogens (tertiary/aromatic N) is 2. The largest absolute Gasteiger partial charge is 0.309 e. The summed E-state index contributed by atoms with van der Waals surface area (Å²) in [6.07, 6.45) is 0. The predicted molar refractivity (Wildman–Crippen MR) is 383 cm³/mol. The van der Waals surface area contributed by atoms with E-state index in [2.05, 4.69) is 329 Å². The molecule has 2 heterocycles. The van der Waals surface area contributed by atoms with Gasteiger partial charge in [-0.1, -0.05) is 218 Å². The fourth-order valence-electron chi connectivity index (χ4n) is 13.6. The first-order valence-electron chi connectivity index (χ1n) is 30.3. The number of thiophene rings is 2. The van der Waals surface area contributed by atoms with Crippen LogP contribution in [-0.4, -0.2) is 0 Å². The summed E-state index contributed by atoms with van der Waals surface area (Å²) in [4.78, 5) is 5.00. The third-order valence-corrected chi connectivity index (χ3v) is 20.4. The second-order valence-electron chi connectivity index (χ2n) is 23.4. The molecule has 0 atom stereocenters. The lowest BCUT2D eigenvalue weighted by Crippen LogP contribution is -2.14. The number of benzene rings is 14. The standard InChI is InChI=1S/C84H60N2S2/c1-53-17-13-25-69(65-35-33-57-19-5-7-21-61(57)51-65)81(53)85(67-43-37-59(38-44-67)71-27-15-29-75-73-23-9-11-31-79(73)87-83(71)75)77-47-41-63(49-55(77)3)64-42-48-78(56(4)50-64)86(82-54(2)18-14-26-70(82)66-36-34-58-20-6-8-22-62(58)52-66)68-45-39-60(40-46-68)72-28-16-30-76-74-24-10-12-32-80(74)88-84(72)76/h5-52H,1-4H3. The van der Waals surface area contributed by atoms with Crippen molar-refractivity contribution in [1.29, 1.82) is 0 Å². The van der Waals surface area contributed by atoms with Crippen molar-refractivity contribution in [3.63, 3.8) is 0 Å². The molecule has 0 bridgehead atoms. The highest BCUT2D eigenvalue weighted by Crippen LogP contribution is 2.50. The van der Waals surface area contributed by atoms with E-state index in [-0.39, 0.29) is 0 Å². The topological polar surface area (TPSA) is 6.48 Å². The molecule has 0 saturated carbocycles. The van der Waals surface area contributed by atoms with Crippen molar-refractivity contribution in [2.45, 2.75) is 27.7 Å². The quantitative estimate of drug-likeness (QED) is 0.127. The molecular formula is C84H60N2S2. The number of anilines is 6. The Hall–Kier alpha value is -10.4. The number of fused-ring (bicyclic) bond motifs is 8. The second-order valence-corrected chi connectivity index (χ2v) is 25.5. The van der Waals surface area contributed by atoms with Gasteiger partial charge in [0.15, 0.2) is 0 Å². The molecule has 4 heteroatoms. The lowest BCUT2D eigenvalue weighted by atomic mass is 9.94. The van der Waals surface area contributed by atoms with Gasteiger partial charge in [-0.3, -0.25) is 0 Å². The van der Waals surface area contributed by atoms with Crippen molar-refractivity contribution in [3.8, 4) is 55.6 Å². The number of aryl methyl sites for hydroxylation is 4. The van der Waals surface area contributed by atoms with Crippen LogP contribution in [0.3, 0.4) is 0 Å². The molecule has 0 aliphatic rings. The van der Waals surface area contributed by atoms with Crippen LogP contribution in [0.1, 0.15) is 22.3 Å². The number of hydrogen-bond acceptors (Lipinski definition) is 4. The van der Waals surface area contributed by atoms with Crippen molar-refractivity contribution in [2.75, 3.05) is 9.80 Å². The minimum Gasteiger partial charge on any atom is -0.309 e.